The largest absolute Gasteiger partial charge is 0.480 e. The third-order valence-electron chi connectivity index (χ3n) is 3.76. The fourth-order valence-corrected chi connectivity index (χ4v) is 2.44. The van der Waals surface area contributed by atoms with Crippen molar-refractivity contribution in [2.75, 3.05) is 0 Å². The van der Waals surface area contributed by atoms with Crippen molar-refractivity contribution in [2.45, 2.75) is 25.3 Å². The third kappa shape index (κ3) is 3.02. The van der Waals surface area contributed by atoms with E-state index in [1.807, 2.05) is 24.3 Å². The molecule has 0 radical (unpaired) electrons. The molecule has 5 nitrogen and oxygen atoms in total. The van der Waals surface area contributed by atoms with E-state index in [2.05, 4.69) is 10.3 Å². The van der Waals surface area contributed by atoms with Crippen molar-refractivity contribution < 1.29 is 14.7 Å². The summed E-state index contributed by atoms with van der Waals surface area (Å²) in [6, 6.07) is 8.12. The van der Waals surface area contributed by atoms with E-state index < -0.39 is 12.0 Å². The summed E-state index contributed by atoms with van der Waals surface area (Å²) in [5, 5.41) is 12.6. The van der Waals surface area contributed by atoms with Gasteiger partial charge in [0, 0.05) is 11.6 Å². The molecule has 0 bridgehead atoms. The molecule has 0 unspecified atom stereocenters. The van der Waals surface area contributed by atoms with Crippen molar-refractivity contribution in [1.82, 2.24) is 10.3 Å². The monoisotopic (exact) mass is 284 g/mol. The van der Waals surface area contributed by atoms with Crippen LogP contribution in [0.1, 0.15) is 29.6 Å². The molecule has 21 heavy (non-hydrogen) atoms. The van der Waals surface area contributed by atoms with E-state index in [0.717, 1.165) is 23.7 Å². The first-order valence-corrected chi connectivity index (χ1v) is 7.02. The lowest BCUT2D eigenvalue weighted by Crippen LogP contribution is -2.41. The average Bonchev–Trinajstić information content (AvgIpc) is 3.29. The van der Waals surface area contributed by atoms with Crippen LogP contribution in [0.15, 0.2) is 36.5 Å². The first kappa shape index (κ1) is 13.5. The number of hydrogen-bond donors (Lipinski definition) is 2. The number of para-hydroxylation sites is 1. The normalized spacial score (nSPS) is 15.6. The van der Waals surface area contributed by atoms with Crippen LogP contribution in [0, 0.1) is 5.92 Å². The number of nitrogens with one attached hydrogen (secondary N) is 1. The van der Waals surface area contributed by atoms with Crippen molar-refractivity contribution in [2.24, 2.45) is 5.92 Å². The summed E-state index contributed by atoms with van der Waals surface area (Å²) in [6.45, 7) is 0. The van der Waals surface area contributed by atoms with E-state index in [9.17, 15) is 14.7 Å². The van der Waals surface area contributed by atoms with Crippen molar-refractivity contribution in [3.8, 4) is 0 Å². The molecule has 2 aromatic rings. The molecule has 1 fully saturated rings. The number of aromatic nitrogens is 1. The van der Waals surface area contributed by atoms with Gasteiger partial charge in [-0.2, -0.15) is 0 Å². The standard InChI is InChI=1S/C16H16N2O3/c19-15(18-14(16(20)21)9-10-5-6-10)12-7-8-17-13-4-2-1-3-11(12)13/h1-4,7-8,10,14H,5-6,9H2,(H,18,19)(H,20,21)/t14-/m0/s1. The van der Waals surface area contributed by atoms with E-state index in [4.69, 9.17) is 0 Å². The average molecular weight is 284 g/mol. The zero-order valence-corrected chi connectivity index (χ0v) is 11.5. The zero-order valence-electron chi connectivity index (χ0n) is 11.5. The van der Waals surface area contributed by atoms with Crippen molar-refractivity contribution in [1.29, 1.82) is 0 Å². The predicted octanol–water partition coefficient (Wildman–Crippen LogP) is 2.22. The first-order valence-electron chi connectivity index (χ1n) is 7.02. The number of benzene rings is 1. The molecule has 2 N–H and O–H groups in total. The Morgan fingerprint density at radius 3 is 2.76 bits per heavy atom. The lowest BCUT2D eigenvalue weighted by molar-refractivity contribution is -0.139. The number of rotatable bonds is 5. The van der Waals surface area contributed by atoms with Gasteiger partial charge in [-0.1, -0.05) is 31.0 Å². The third-order valence-corrected chi connectivity index (χ3v) is 3.76. The van der Waals surface area contributed by atoms with Gasteiger partial charge < -0.3 is 10.4 Å². The molecule has 0 aliphatic heterocycles. The van der Waals surface area contributed by atoms with Crippen LogP contribution in [0.25, 0.3) is 10.9 Å². The van der Waals surface area contributed by atoms with E-state index in [1.165, 1.54) is 0 Å². The van der Waals surface area contributed by atoms with Crippen LogP contribution in [0.5, 0.6) is 0 Å². The number of fused-ring (bicyclic) bond motifs is 1. The summed E-state index contributed by atoms with van der Waals surface area (Å²) in [6.07, 6.45) is 4.17. The van der Waals surface area contributed by atoms with Crippen molar-refractivity contribution >= 4 is 22.8 Å². The molecule has 5 heteroatoms. The van der Waals surface area contributed by atoms with E-state index in [0.29, 0.717) is 17.9 Å². The molecule has 1 heterocycles. The Kier molecular flexibility index (Phi) is 3.56. The minimum atomic E-state index is -0.978. The molecule has 1 aromatic heterocycles. The Labute approximate surface area is 122 Å². The van der Waals surface area contributed by atoms with Gasteiger partial charge in [0.25, 0.3) is 5.91 Å². The highest BCUT2D eigenvalue weighted by atomic mass is 16.4. The molecule has 1 saturated carbocycles. The number of carbonyl (C=O) groups is 2. The van der Waals surface area contributed by atoms with Gasteiger partial charge in [0.15, 0.2) is 0 Å². The van der Waals surface area contributed by atoms with Crippen LogP contribution >= 0.6 is 0 Å². The molecule has 1 aromatic carbocycles. The Hall–Kier alpha value is -2.43. The summed E-state index contributed by atoms with van der Waals surface area (Å²) in [7, 11) is 0. The van der Waals surface area contributed by atoms with Gasteiger partial charge >= 0.3 is 5.97 Å². The SMILES string of the molecule is O=C(N[C@@H](CC1CC1)C(=O)O)c1ccnc2ccccc12. The molecule has 1 aliphatic carbocycles. The smallest absolute Gasteiger partial charge is 0.326 e. The van der Waals surface area contributed by atoms with E-state index in [-0.39, 0.29) is 5.91 Å². The molecule has 1 aliphatic rings. The second kappa shape index (κ2) is 5.52. The number of carboxylic acid groups (broad SMARTS) is 1. The lowest BCUT2D eigenvalue weighted by Gasteiger charge is -2.14. The van der Waals surface area contributed by atoms with Crippen LogP contribution in [0.2, 0.25) is 0 Å². The second-order valence-electron chi connectivity index (χ2n) is 5.42. The van der Waals surface area contributed by atoms with Gasteiger partial charge in [-0.15, -0.1) is 0 Å². The van der Waals surface area contributed by atoms with Gasteiger partial charge in [-0.3, -0.25) is 9.78 Å². The Morgan fingerprint density at radius 2 is 2.05 bits per heavy atom. The van der Waals surface area contributed by atoms with Gasteiger partial charge in [0.05, 0.1) is 11.1 Å². The molecule has 3 rings (SSSR count). The summed E-state index contributed by atoms with van der Waals surface area (Å²) in [4.78, 5) is 27.8. The summed E-state index contributed by atoms with van der Waals surface area (Å²) in [5.74, 6) is -0.907. The number of aliphatic carboxylic acids is 1. The van der Waals surface area contributed by atoms with Crippen molar-refractivity contribution in [3.05, 3.63) is 42.1 Å². The number of carbonyl (C=O) groups excluding carboxylic acids is 1. The Bertz CT molecular complexity index is 689. The maximum absolute atomic E-state index is 12.4. The Balaban J connectivity index is 1.84. The molecule has 0 spiro atoms. The van der Waals surface area contributed by atoms with Crippen molar-refractivity contribution in [3.63, 3.8) is 0 Å². The van der Waals surface area contributed by atoms with Crippen LogP contribution in [-0.4, -0.2) is 28.0 Å². The minimum Gasteiger partial charge on any atom is -0.480 e. The number of pyridine rings is 1. The van der Waals surface area contributed by atoms with Gasteiger partial charge in [-0.05, 0) is 24.5 Å². The molecule has 0 saturated heterocycles. The van der Waals surface area contributed by atoms with Gasteiger partial charge in [0.2, 0.25) is 0 Å². The second-order valence-corrected chi connectivity index (χ2v) is 5.42. The Morgan fingerprint density at radius 1 is 1.29 bits per heavy atom. The van der Waals surface area contributed by atoms with Crippen LogP contribution in [0.3, 0.4) is 0 Å². The highest BCUT2D eigenvalue weighted by Gasteiger charge is 2.30. The van der Waals surface area contributed by atoms with Crippen LogP contribution < -0.4 is 5.32 Å². The van der Waals surface area contributed by atoms with E-state index >= 15 is 0 Å². The van der Waals surface area contributed by atoms with E-state index in [1.54, 1.807) is 12.3 Å². The molecular formula is C16H16N2O3. The maximum Gasteiger partial charge on any atom is 0.326 e. The van der Waals surface area contributed by atoms with Gasteiger partial charge in [0.1, 0.15) is 6.04 Å². The molecule has 1 amide bonds. The van der Waals surface area contributed by atoms with Crippen LogP contribution in [-0.2, 0) is 4.79 Å². The summed E-state index contributed by atoms with van der Waals surface area (Å²) in [5.41, 5.74) is 1.18. The maximum atomic E-state index is 12.4. The quantitative estimate of drug-likeness (QED) is 0.882. The fraction of sp³-hybridized carbons (Fsp3) is 0.312. The predicted molar refractivity (Wildman–Crippen MR) is 78.0 cm³/mol. The zero-order chi connectivity index (χ0) is 14.8. The number of amides is 1. The topological polar surface area (TPSA) is 79.3 Å². The number of carboxylic acids is 1. The van der Waals surface area contributed by atoms with Crippen LogP contribution in [0.4, 0.5) is 0 Å². The highest BCUT2D eigenvalue weighted by molar-refractivity contribution is 6.06. The molecule has 1 atom stereocenters. The first-order chi connectivity index (χ1) is 10.1. The minimum absolute atomic E-state index is 0.360. The number of nitrogens with zero attached hydrogens (tertiary/aromatic N) is 1. The highest BCUT2D eigenvalue weighted by Crippen LogP contribution is 2.33. The fourth-order valence-electron chi connectivity index (χ4n) is 2.44. The summed E-state index contributed by atoms with van der Waals surface area (Å²) < 4.78 is 0. The summed E-state index contributed by atoms with van der Waals surface area (Å²) >= 11 is 0. The lowest BCUT2D eigenvalue weighted by atomic mass is 10.1. The van der Waals surface area contributed by atoms with Gasteiger partial charge in [-0.25, -0.2) is 4.79 Å². The number of hydrogen-bond acceptors (Lipinski definition) is 3. The molecule has 108 valence electrons. The molecular weight excluding hydrogens is 268 g/mol.